The van der Waals surface area contributed by atoms with Gasteiger partial charge in [-0.05, 0) is 55.8 Å². The van der Waals surface area contributed by atoms with Crippen LogP contribution in [0.4, 0.5) is 0 Å². The van der Waals surface area contributed by atoms with Crippen molar-refractivity contribution in [2.24, 2.45) is 0 Å². The lowest BCUT2D eigenvalue weighted by atomic mass is 10.1. The lowest BCUT2D eigenvalue weighted by Gasteiger charge is -2.18. The fourth-order valence-electron chi connectivity index (χ4n) is 3.72. The summed E-state index contributed by atoms with van der Waals surface area (Å²) in [6.07, 6.45) is 10.9. The molecule has 0 heterocycles. The molecule has 3 heteroatoms. The van der Waals surface area contributed by atoms with Gasteiger partial charge in [-0.1, -0.05) is 65.4 Å². The monoisotopic (exact) mass is 421 g/mol. The number of carbonyl (C=O) groups excluding carboxylic acids is 1. The van der Waals surface area contributed by atoms with Crippen LogP contribution in [0, 0.1) is 38.5 Å². The van der Waals surface area contributed by atoms with E-state index in [1.165, 1.54) is 22.3 Å². The van der Waals surface area contributed by atoms with Crippen molar-refractivity contribution >= 4 is 5.97 Å². The van der Waals surface area contributed by atoms with Crippen molar-refractivity contribution in [2.45, 2.75) is 33.5 Å². The summed E-state index contributed by atoms with van der Waals surface area (Å²) in [7, 11) is 2.11. The van der Waals surface area contributed by atoms with E-state index in [1.807, 2.05) is 12.1 Å². The van der Waals surface area contributed by atoms with Crippen LogP contribution in [0.3, 0.4) is 0 Å². The van der Waals surface area contributed by atoms with E-state index in [1.54, 1.807) is 18.2 Å². The Labute approximate surface area is 191 Å². The van der Waals surface area contributed by atoms with Crippen LogP contribution in [0.25, 0.3) is 0 Å². The molecular weight excluding hydrogens is 394 g/mol. The van der Waals surface area contributed by atoms with Crippen molar-refractivity contribution in [1.29, 1.82) is 0 Å². The normalized spacial score (nSPS) is 10.4. The van der Waals surface area contributed by atoms with Crippen LogP contribution in [0.5, 0.6) is 0 Å². The van der Waals surface area contributed by atoms with Crippen molar-refractivity contribution in [2.75, 3.05) is 7.05 Å². The fourth-order valence-corrected chi connectivity index (χ4v) is 3.72. The molecule has 0 aromatic heterocycles. The van der Waals surface area contributed by atoms with Crippen LogP contribution in [-0.2, 0) is 24.4 Å². The molecule has 0 aliphatic heterocycles. The Kier molecular flexibility index (Phi) is 7.50. The van der Waals surface area contributed by atoms with Gasteiger partial charge in [-0.25, -0.2) is 4.79 Å². The number of hydrogen-bond donors (Lipinski definition) is 0. The highest BCUT2D eigenvalue weighted by atomic mass is 16.5. The van der Waals surface area contributed by atoms with Gasteiger partial charge < -0.3 is 4.74 Å². The summed E-state index contributed by atoms with van der Waals surface area (Å²) in [6.45, 7) is 6.16. The molecule has 0 aliphatic rings. The van der Waals surface area contributed by atoms with Crippen LogP contribution in [0.2, 0.25) is 0 Å². The molecule has 160 valence electrons. The molecule has 0 unspecified atom stereocenters. The van der Waals surface area contributed by atoms with E-state index in [2.05, 4.69) is 68.0 Å². The first-order chi connectivity index (χ1) is 15.4. The summed E-state index contributed by atoms with van der Waals surface area (Å²) in [5.41, 5.74) is 7.48. The fraction of sp³-hybridized carbons (Fsp3) is 0.207. The Balaban J connectivity index is 1.56. The number of hydrogen-bond acceptors (Lipinski definition) is 3. The van der Waals surface area contributed by atoms with E-state index in [9.17, 15) is 4.79 Å². The number of benzene rings is 3. The Morgan fingerprint density at radius 3 is 1.91 bits per heavy atom. The first kappa shape index (κ1) is 22.9. The number of terminal acetylenes is 2. The minimum atomic E-state index is -0.448. The van der Waals surface area contributed by atoms with Crippen LogP contribution < -0.4 is 0 Å². The van der Waals surface area contributed by atoms with Gasteiger partial charge in [0.25, 0.3) is 0 Å². The van der Waals surface area contributed by atoms with Gasteiger partial charge in [0, 0.05) is 24.2 Å². The van der Waals surface area contributed by atoms with Crippen LogP contribution in [0.1, 0.15) is 49.3 Å². The molecule has 3 aromatic carbocycles. The van der Waals surface area contributed by atoms with Gasteiger partial charge in [-0.3, -0.25) is 4.90 Å². The average molecular weight is 422 g/mol. The largest absolute Gasteiger partial charge is 0.457 e. The molecule has 3 nitrogen and oxygen atoms in total. The summed E-state index contributed by atoms with van der Waals surface area (Å²) in [5.74, 6) is 4.56. The summed E-state index contributed by atoms with van der Waals surface area (Å²) in [6, 6.07) is 19.7. The summed E-state index contributed by atoms with van der Waals surface area (Å²) in [4.78, 5) is 14.7. The second-order valence-electron chi connectivity index (χ2n) is 8.15. The number of esters is 1. The molecule has 0 aliphatic carbocycles. The zero-order valence-corrected chi connectivity index (χ0v) is 18.8. The lowest BCUT2D eigenvalue weighted by molar-refractivity contribution is 0.0472. The Bertz CT molecular complexity index is 1140. The smallest absolute Gasteiger partial charge is 0.338 e. The molecule has 32 heavy (non-hydrogen) atoms. The molecule has 0 N–H and O–H groups in total. The van der Waals surface area contributed by atoms with E-state index in [0.29, 0.717) is 16.7 Å². The maximum Gasteiger partial charge on any atom is 0.338 e. The van der Waals surface area contributed by atoms with Crippen molar-refractivity contribution in [1.82, 2.24) is 4.90 Å². The second-order valence-corrected chi connectivity index (χ2v) is 8.15. The molecule has 0 fully saturated rings. The Morgan fingerprint density at radius 1 is 0.812 bits per heavy atom. The third kappa shape index (κ3) is 6.35. The van der Waals surface area contributed by atoms with Gasteiger partial charge in [0.2, 0.25) is 0 Å². The number of rotatable bonds is 7. The highest BCUT2D eigenvalue weighted by molar-refractivity contribution is 5.90. The van der Waals surface area contributed by atoms with Gasteiger partial charge in [0.05, 0.1) is 5.56 Å². The molecule has 0 saturated carbocycles. The zero-order valence-electron chi connectivity index (χ0n) is 18.8. The summed E-state index contributed by atoms with van der Waals surface area (Å²) in [5, 5.41) is 0. The third-order valence-electron chi connectivity index (χ3n) is 5.08. The van der Waals surface area contributed by atoms with Gasteiger partial charge in [0.15, 0.2) is 0 Å². The second kappa shape index (κ2) is 10.5. The molecule has 0 atom stereocenters. The Hall–Kier alpha value is -3.79. The summed E-state index contributed by atoms with van der Waals surface area (Å²) >= 11 is 0. The number of aryl methyl sites for hydroxylation is 2. The van der Waals surface area contributed by atoms with Crippen LogP contribution in [-0.4, -0.2) is 17.9 Å². The molecule has 3 rings (SSSR count). The maximum absolute atomic E-state index is 12.4. The molecule has 0 bridgehead atoms. The summed E-state index contributed by atoms with van der Waals surface area (Å²) < 4.78 is 5.45. The number of nitrogens with zero attached hydrogens (tertiary/aromatic N) is 1. The highest BCUT2D eigenvalue weighted by Gasteiger charge is 2.10. The molecule has 0 spiro atoms. The van der Waals surface area contributed by atoms with Gasteiger partial charge in [-0.15, -0.1) is 12.8 Å². The average Bonchev–Trinajstić information content (AvgIpc) is 2.77. The van der Waals surface area contributed by atoms with Gasteiger partial charge in [-0.2, -0.15) is 0 Å². The first-order valence-corrected chi connectivity index (χ1v) is 10.5. The quantitative estimate of drug-likeness (QED) is 0.385. The number of carbonyl (C=O) groups is 1. The van der Waals surface area contributed by atoms with Crippen molar-refractivity contribution < 1.29 is 9.53 Å². The maximum atomic E-state index is 12.4. The van der Waals surface area contributed by atoms with E-state index >= 15 is 0 Å². The van der Waals surface area contributed by atoms with E-state index < -0.39 is 5.97 Å². The lowest BCUT2D eigenvalue weighted by Crippen LogP contribution is -2.17. The van der Waals surface area contributed by atoms with E-state index in [0.717, 1.165) is 18.7 Å². The third-order valence-corrected chi connectivity index (χ3v) is 5.08. The van der Waals surface area contributed by atoms with Gasteiger partial charge in [0.1, 0.15) is 6.61 Å². The molecule has 3 aromatic rings. The minimum Gasteiger partial charge on any atom is -0.457 e. The predicted octanol–water partition coefficient (Wildman–Crippen LogP) is 5.26. The number of ether oxygens (including phenoxy) is 1. The van der Waals surface area contributed by atoms with Crippen molar-refractivity contribution in [3.63, 3.8) is 0 Å². The standard InChI is InChI=1S/C29H27NO2/c1-6-23-15-24(7-2)17-28(16-23)29(31)32-20-26-10-8-25(9-11-26)18-30(5)19-27-13-21(3)12-22(4)14-27/h1-2,8-17H,18-20H2,3-5H3. The first-order valence-electron chi connectivity index (χ1n) is 10.5. The molecular formula is C29H27NO2. The van der Waals surface area contributed by atoms with Gasteiger partial charge >= 0.3 is 5.97 Å². The Morgan fingerprint density at radius 2 is 1.34 bits per heavy atom. The van der Waals surface area contributed by atoms with Crippen molar-refractivity contribution in [3.05, 3.63) is 105 Å². The predicted molar refractivity (Wildman–Crippen MR) is 129 cm³/mol. The SMILES string of the molecule is C#Cc1cc(C#C)cc(C(=O)OCc2ccc(CN(C)Cc3cc(C)cc(C)c3)cc2)c1. The molecule has 0 amide bonds. The topological polar surface area (TPSA) is 29.5 Å². The molecule has 0 radical (unpaired) electrons. The molecule has 0 saturated heterocycles. The van der Waals surface area contributed by atoms with E-state index in [4.69, 9.17) is 17.6 Å². The van der Waals surface area contributed by atoms with Crippen LogP contribution in [0.15, 0.2) is 60.7 Å². The van der Waals surface area contributed by atoms with Crippen molar-refractivity contribution in [3.8, 4) is 24.7 Å². The minimum absolute atomic E-state index is 0.184. The highest BCUT2D eigenvalue weighted by Crippen LogP contribution is 2.15. The van der Waals surface area contributed by atoms with E-state index in [-0.39, 0.29) is 6.61 Å². The van der Waals surface area contributed by atoms with Crippen LogP contribution >= 0.6 is 0 Å². The zero-order chi connectivity index (χ0) is 23.1.